The molecule has 0 aromatic carbocycles. The third-order valence-corrected chi connectivity index (χ3v) is 4.69. The van der Waals surface area contributed by atoms with Crippen LogP contribution >= 0.6 is 0 Å². The monoisotopic (exact) mass is 268 g/mol. The van der Waals surface area contributed by atoms with Crippen LogP contribution < -0.4 is 10.6 Å². The standard InChI is InChI=1S/C14H24N2O3/c1-10-3-5-14(6-4-10,11(17)18)9-15-12(19)16-13(2)7-8-13/h10H,3-9H2,1-2H3,(H,17,18)(H2,15,16,19). The summed E-state index contributed by atoms with van der Waals surface area (Å²) >= 11 is 0. The summed E-state index contributed by atoms with van der Waals surface area (Å²) in [5, 5.41) is 15.1. The molecular weight excluding hydrogens is 244 g/mol. The van der Waals surface area contributed by atoms with Crippen molar-refractivity contribution in [2.24, 2.45) is 11.3 Å². The van der Waals surface area contributed by atoms with Crippen LogP contribution in [0.5, 0.6) is 0 Å². The summed E-state index contributed by atoms with van der Waals surface area (Å²) in [6.45, 7) is 4.39. The number of rotatable bonds is 4. The summed E-state index contributed by atoms with van der Waals surface area (Å²) in [5.41, 5.74) is -0.837. The predicted octanol–water partition coefficient (Wildman–Crippen LogP) is 2.12. The van der Waals surface area contributed by atoms with Crippen molar-refractivity contribution in [3.05, 3.63) is 0 Å². The van der Waals surface area contributed by atoms with Gasteiger partial charge in [-0.1, -0.05) is 6.92 Å². The average molecular weight is 268 g/mol. The number of urea groups is 1. The van der Waals surface area contributed by atoms with E-state index < -0.39 is 11.4 Å². The molecular formula is C14H24N2O3. The molecule has 19 heavy (non-hydrogen) atoms. The minimum atomic E-state index is -0.780. The molecule has 0 aliphatic heterocycles. The Hall–Kier alpha value is -1.26. The van der Waals surface area contributed by atoms with Crippen LogP contribution in [0.3, 0.4) is 0 Å². The molecule has 108 valence electrons. The average Bonchev–Trinajstić information content (AvgIpc) is 3.06. The molecule has 3 N–H and O–H groups in total. The first kappa shape index (κ1) is 14.2. The number of hydrogen-bond donors (Lipinski definition) is 3. The SMILES string of the molecule is CC1CCC(CNC(=O)NC2(C)CC2)(C(=O)O)CC1. The molecule has 5 nitrogen and oxygen atoms in total. The highest BCUT2D eigenvalue weighted by Crippen LogP contribution is 2.39. The fourth-order valence-electron chi connectivity index (χ4n) is 2.66. The van der Waals surface area contributed by atoms with Crippen LogP contribution in [0.1, 0.15) is 52.4 Å². The normalized spacial score (nSPS) is 32.4. The molecule has 0 unspecified atom stereocenters. The lowest BCUT2D eigenvalue weighted by molar-refractivity contribution is -0.151. The van der Waals surface area contributed by atoms with Gasteiger partial charge in [-0.15, -0.1) is 0 Å². The number of amides is 2. The van der Waals surface area contributed by atoms with E-state index in [9.17, 15) is 14.7 Å². The summed E-state index contributed by atoms with van der Waals surface area (Å²) in [5.74, 6) is -0.191. The maximum absolute atomic E-state index is 11.8. The van der Waals surface area contributed by atoms with Gasteiger partial charge in [0.1, 0.15) is 0 Å². The van der Waals surface area contributed by atoms with Gasteiger partial charge in [0.2, 0.25) is 0 Å². The van der Waals surface area contributed by atoms with E-state index in [0.717, 1.165) is 25.7 Å². The number of carbonyl (C=O) groups is 2. The quantitative estimate of drug-likeness (QED) is 0.730. The Kier molecular flexibility index (Phi) is 3.74. The highest BCUT2D eigenvalue weighted by atomic mass is 16.4. The summed E-state index contributed by atoms with van der Waals surface area (Å²) in [7, 11) is 0. The molecule has 2 fully saturated rings. The van der Waals surface area contributed by atoms with E-state index in [4.69, 9.17) is 0 Å². The number of nitrogens with one attached hydrogen (secondary N) is 2. The maximum Gasteiger partial charge on any atom is 0.315 e. The van der Waals surface area contributed by atoms with Crippen LogP contribution in [0.4, 0.5) is 4.79 Å². The molecule has 0 bridgehead atoms. The minimum absolute atomic E-state index is 0.0679. The molecule has 2 aliphatic carbocycles. The van der Waals surface area contributed by atoms with Gasteiger partial charge < -0.3 is 15.7 Å². The molecule has 2 aliphatic rings. The fourth-order valence-corrected chi connectivity index (χ4v) is 2.66. The van der Waals surface area contributed by atoms with Crippen molar-refractivity contribution in [1.82, 2.24) is 10.6 Å². The van der Waals surface area contributed by atoms with E-state index in [1.165, 1.54) is 0 Å². The summed E-state index contributed by atoms with van der Waals surface area (Å²) < 4.78 is 0. The minimum Gasteiger partial charge on any atom is -0.481 e. The summed E-state index contributed by atoms with van der Waals surface area (Å²) in [6.07, 6.45) is 5.16. The van der Waals surface area contributed by atoms with Gasteiger partial charge in [-0.2, -0.15) is 0 Å². The first-order valence-corrected chi connectivity index (χ1v) is 7.15. The zero-order chi connectivity index (χ0) is 14.1. The fraction of sp³-hybridized carbons (Fsp3) is 0.857. The molecule has 0 saturated heterocycles. The van der Waals surface area contributed by atoms with Crippen LogP contribution in [0, 0.1) is 11.3 Å². The number of carboxylic acid groups (broad SMARTS) is 1. The Morgan fingerprint density at radius 3 is 2.26 bits per heavy atom. The highest BCUT2D eigenvalue weighted by Gasteiger charge is 2.42. The van der Waals surface area contributed by atoms with Gasteiger partial charge in [0, 0.05) is 12.1 Å². The van der Waals surface area contributed by atoms with Crippen LogP contribution in [0.15, 0.2) is 0 Å². The van der Waals surface area contributed by atoms with Gasteiger partial charge in [0.15, 0.2) is 0 Å². The Bertz CT molecular complexity index is 369. The molecule has 0 aromatic rings. The largest absolute Gasteiger partial charge is 0.481 e. The van der Waals surface area contributed by atoms with Crippen LogP contribution in [-0.2, 0) is 4.79 Å². The molecule has 0 spiro atoms. The maximum atomic E-state index is 11.8. The van der Waals surface area contributed by atoms with E-state index in [0.29, 0.717) is 18.8 Å². The molecule has 0 aromatic heterocycles. The van der Waals surface area contributed by atoms with Gasteiger partial charge in [-0.05, 0) is 51.4 Å². The zero-order valence-electron chi connectivity index (χ0n) is 11.8. The van der Waals surface area contributed by atoms with Gasteiger partial charge in [0.05, 0.1) is 5.41 Å². The van der Waals surface area contributed by atoms with E-state index in [1.807, 2.05) is 6.92 Å². The Labute approximate surface area is 114 Å². The second-order valence-corrected chi connectivity index (χ2v) is 6.64. The van der Waals surface area contributed by atoms with E-state index in [1.54, 1.807) is 0 Å². The molecule has 5 heteroatoms. The number of aliphatic carboxylic acids is 1. The molecule has 0 atom stereocenters. The van der Waals surface area contributed by atoms with E-state index in [2.05, 4.69) is 17.6 Å². The van der Waals surface area contributed by atoms with Gasteiger partial charge in [-0.3, -0.25) is 4.79 Å². The van der Waals surface area contributed by atoms with Crippen molar-refractivity contribution in [2.75, 3.05) is 6.54 Å². The van der Waals surface area contributed by atoms with Crippen molar-refractivity contribution < 1.29 is 14.7 Å². The second-order valence-electron chi connectivity index (χ2n) is 6.64. The Morgan fingerprint density at radius 2 is 1.79 bits per heavy atom. The van der Waals surface area contributed by atoms with Crippen LogP contribution in [0.2, 0.25) is 0 Å². The molecule has 0 heterocycles. The van der Waals surface area contributed by atoms with Crippen molar-refractivity contribution in [3.63, 3.8) is 0 Å². The van der Waals surface area contributed by atoms with E-state index >= 15 is 0 Å². The number of carbonyl (C=O) groups excluding carboxylic acids is 1. The van der Waals surface area contributed by atoms with Crippen LogP contribution in [0.25, 0.3) is 0 Å². The van der Waals surface area contributed by atoms with Gasteiger partial charge >= 0.3 is 12.0 Å². The van der Waals surface area contributed by atoms with Gasteiger partial charge in [0.25, 0.3) is 0 Å². The lowest BCUT2D eigenvalue weighted by Gasteiger charge is -2.35. The molecule has 2 rings (SSSR count). The third kappa shape index (κ3) is 3.39. The first-order valence-electron chi connectivity index (χ1n) is 7.15. The lowest BCUT2D eigenvalue weighted by atomic mass is 9.71. The number of hydrogen-bond acceptors (Lipinski definition) is 2. The topological polar surface area (TPSA) is 78.4 Å². The summed E-state index contributed by atoms with van der Waals surface area (Å²) in [6, 6.07) is -0.237. The van der Waals surface area contributed by atoms with E-state index in [-0.39, 0.29) is 18.1 Å². The smallest absolute Gasteiger partial charge is 0.315 e. The number of carboxylic acids is 1. The Morgan fingerprint density at radius 1 is 1.21 bits per heavy atom. The van der Waals surface area contributed by atoms with Crippen molar-refractivity contribution in [1.29, 1.82) is 0 Å². The molecule has 0 radical (unpaired) electrons. The first-order chi connectivity index (χ1) is 8.85. The predicted molar refractivity (Wildman–Crippen MR) is 71.9 cm³/mol. The zero-order valence-corrected chi connectivity index (χ0v) is 11.8. The van der Waals surface area contributed by atoms with Gasteiger partial charge in [-0.25, -0.2) is 4.79 Å². The van der Waals surface area contributed by atoms with Crippen molar-refractivity contribution in [2.45, 2.75) is 57.9 Å². The van der Waals surface area contributed by atoms with Crippen molar-refractivity contribution >= 4 is 12.0 Å². The second kappa shape index (κ2) is 5.02. The summed E-state index contributed by atoms with van der Waals surface area (Å²) in [4.78, 5) is 23.3. The Balaban J connectivity index is 1.87. The van der Waals surface area contributed by atoms with Crippen molar-refractivity contribution in [3.8, 4) is 0 Å². The molecule has 2 saturated carbocycles. The lowest BCUT2D eigenvalue weighted by Crippen LogP contribution is -2.49. The van der Waals surface area contributed by atoms with Crippen LogP contribution in [-0.4, -0.2) is 29.2 Å². The third-order valence-electron chi connectivity index (χ3n) is 4.69. The highest BCUT2D eigenvalue weighted by molar-refractivity contribution is 5.78. The molecule has 2 amide bonds.